The second kappa shape index (κ2) is 5.16. The van der Waals surface area contributed by atoms with E-state index in [1.54, 1.807) is 0 Å². The normalized spacial score (nSPS) is 11.4. The molecule has 0 bridgehead atoms. The molecule has 0 aliphatic carbocycles. The molecule has 0 N–H and O–H groups in total. The van der Waals surface area contributed by atoms with Crippen molar-refractivity contribution in [3.8, 4) is 5.69 Å². The van der Waals surface area contributed by atoms with Crippen molar-refractivity contribution in [3.63, 3.8) is 0 Å². The van der Waals surface area contributed by atoms with E-state index in [1.807, 2.05) is 41.4 Å². The number of benzene rings is 1. The highest BCUT2D eigenvalue weighted by Gasteiger charge is 2.20. The van der Waals surface area contributed by atoms with Gasteiger partial charge in [0.25, 0.3) is 0 Å². The second-order valence-corrected chi connectivity index (χ2v) is 6.42. The summed E-state index contributed by atoms with van der Waals surface area (Å²) in [5.41, 5.74) is 3.70. The minimum Gasteiger partial charge on any atom is -0.278 e. The lowest BCUT2D eigenvalue weighted by atomic mass is 10.3. The molecule has 2 aromatic heterocycles. The van der Waals surface area contributed by atoms with Gasteiger partial charge in [-0.25, -0.2) is 9.67 Å². The van der Waals surface area contributed by atoms with Crippen LogP contribution >= 0.6 is 43.5 Å². The summed E-state index contributed by atoms with van der Waals surface area (Å²) in [5.74, 6) is 1.13. The minimum atomic E-state index is 0.335. The van der Waals surface area contributed by atoms with Gasteiger partial charge in [0.05, 0.1) is 17.3 Å². The number of imidazole rings is 1. The van der Waals surface area contributed by atoms with Crippen LogP contribution in [0.15, 0.2) is 27.1 Å². The van der Waals surface area contributed by atoms with Gasteiger partial charge in [0.2, 0.25) is 0 Å². The fraction of sp³-hybridized carbons (Fsp3) is 0.231. The molecule has 0 amide bonds. The number of aromatic nitrogens is 4. The summed E-state index contributed by atoms with van der Waals surface area (Å²) in [6.45, 7) is 1.95. The highest BCUT2D eigenvalue weighted by molar-refractivity contribution is 9.11. The zero-order valence-electron chi connectivity index (χ0n) is 10.9. The zero-order chi connectivity index (χ0) is 14.4. The Bertz CT molecular complexity index is 786. The molecular formula is C13H11Br2ClN4. The highest BCUT2D eigenvalue weighted by atomic mass is 79.9. The quantitative estimate of drug-likeness (QED) is 0.581. The van der Waals surface area contributed by atoms with Gasteiger partial charge in [0.15, 0.2) is 5.65 Å². The van der Waals surface area contributed by atoms with Gasteiger partial charge in [-0.15, -0.1) is 11.6 Å². The first-order valence-electron chi connectivity index (χ1n) is 5.96. The van der Waals surface area contributed by atoms with Crippen LogP contribution in [0.2, 0.25) is 0 Å². The van der Waals surface area contributed by atoms with Crippen LogP contribution in [0.25, 0.3) is 16.9 Å². The summed E-state index contributed by atoms with van der Waals surface area (Å²) in [7, 11) is 1.91. The molecule has 2 heterocycles. The third-order valence-electron chi connectivity index (χ3n) is 3.15. The Morgan fingerprint density at radius 3 is 2.50 bits per heavy atom. The molecule has 104 valence electrons. The number of hydrogen-bond donors (Lipinski definition) is 0. The summed E-state index contributed by atoms with van der Waals surface area (Å²) in [5, 5.41) is 4.43. The Balaban J connectivity index is 2.46. The molecule has 0 aliphatic rings. The van der Waals surface area contributed by atoms with Crippen molar-refractivity contribution in [1.82, 2.24) is 19.3 Å². The number of fused-ring (bicyclic) bond motifs is 1. The van der Waals surface area contributed by atoms with E-state index < -0.39 is 0 Å². The molecule has 3 aromatic rings. The summed E-state index contributed by atoms with van der Waals surface area (Å²) in [6.07, 6.45) is 0. The summed E-state index contributed by atoms with van der Waals surface area (Å²) < 4.78 is 5.81. The van der Waals surface area contributed by atoms with Crippen molar-refractivity contribution in [2.24, 2.45) is 7.05 Å². The summed E-state index contributed by atoms with van der Waals surface area (Å²) in [4.78, 5) is 4.62. The SMILES string of the molecule is Cc1nn(C)c2c1nc(CCl)n2-c1c(Br)cccc1Br. The Morgan fingerprint density at radius 2 is 1.90 bits per heavy atom. The molecule has 0 unspecified atom stereocenters. The van der Waals surface area contributed by atoms with Crippen molar-refractivity contribution < 1.29 is 0 Å². The number of rotatable bonds is 2. The van der Waals surface area contributed by atoms with E-state index in [9.17, 15) is 0 Å². The van der Waals surface area contributed by atoms with Crippen LogP contribution in [-0.2, 0) is 12.9 Å². The van der Waals surface area contributed by atoms with Gasteiger partial charge < -0.3 is 0 Å². The van der Waals surface area contributed by atoms with E-state index in [4.69, 9.17) is 11.6 Å². The fourth-order valence-corrected chi connectivity index (χ4v) is 3.88. The number of hydrogen-bond acceptors (Lipinski definition) is 2. The maximum Gasteiger partial charge on any atom is 0.163 e. The lowest BCUT2D eigenvalue weighted by Gasteiger charge is -2.12. The van der Waals surface area contributed by atoms with Crippen LogP contribution in [0.5, 0.6) is 0 Å². The van der Waals surface area contributed by atoms with E-state index in [0.717, 1.165) is 37.3 Å². The molecule has 0 fully saturated rings. The van der Waals surface area contributed by atoms with Gasteiger partial charge in [-0.3, -0.25) is 4.57 Å². The van der Waals surface area contributed by atoms with Crippen LogP contribution in [0.4, 0.5) is 0 Å². The highest BCUT2D eigenvalue weighted by Crippen LogP contribution is 2.33. The first-order chi connectivity index (χ1) is 9.54. The van der Waals surface area contributed by atoms with Crippen molar-refractivity contribution in [3.05, 3.63) is 38.7 Å². The lowest BCUT2D eigenvalue weighted by Crippen LogP contribution is -2.05. The average molecular weight is 419 g/mol. The average Bonchev–Trinajstić information content (AvgIpc) is 2.89. The van der Waals surface area contributed by atoms with Gasteiger partial charge >= 0.3 is 0 Å². The molecule has 0 saturated carbocycles. The predicted octanol–water partition coefficient (Wildman–Crippen LogP) is 4.33. The second-order valence-electron chi connectivity index (χ2n) is 4.45. The number of nitrogens with zero attached hydrogens (tertiary/aromatic N) is 4. The van der Waals surface area contributed by atoms with Gasteiger partial charge in [0.1, 0.15) is 11.3 Å². The maximum absolute atomic E-state index is 6.08. The number of para-hydroxylation sites is 1. The number of aryl methyl sites for hydroxylation is 2. The van der Waals surface area contributed by atoms with Gasteiger partial charge in [-0.2, -0.15) is 5.10 Å². The van der Waals surface area contributed by atoms with Crippen LogP contribution in [-0.4, -0.2) is 19.3 Å². The maximum atomic E-state index is 6.08. The third-order valence-corrected chi connectivity index (χ3v) is 4.67. The van der Waals surface area contributed by atoms with Crippen molar-refractivity contribution in [2.45, 2.75) is 12.8 Å². The summed E-state index contributed by atoms with van der Waals surface area (Å²) >= 11 is 13.3. The van der Waals surface area contributed by atoms with E-state index >= 15 is 0 Å². The minimum absolute atomic E-state index is 0.335. The lowest BCUT2D eigenvalue weighted by molar-refractivity contribution is 0.754. The fourth-order valence-electron chi connectivity index (χ4n) is 2.34. The molecule has 0 saturated heterocycles. The molecule has 0 atom stereocenters. The Hall–Kier alpha value is -0.850. The zero-order valence-corrected chi connectivity index (χ0v) is 14.8. The number of alkyl halides is 1. The first kappa shape index (κ1) is 14.1. The Labute approximate surface area is 138 Å². The molecule has 20 heavy (non-hydrogen) atoms. The Kier molecular flexibility index (Phi) is 3.64. The number of halogens is 3. The molecule has 0 spiro atoms. The molecule has 0 radical (unpaired) electrons. The Morgan fingerprint density at radius 1 is 1.25 bits per heavy atom. The van der Waals surface area contributed by atoms with E-state index in [0.29, 0.717) is 5.88 Å². The topological polar surface area (TPSA) is 35.6 Å². The first-order valence-corrected chi connectivity index (χ1v) is 8.08. The van der Waals surface area contributed by atoms with Crippen molar-refractivity contribution in [1.29, 1.82) is 0 Å². The van der Waals surface area contributed by atoms with Crippen LogP contribution < -0.4 is 0 Å². The van der Waals surface area contributed by atoms with Crippen LogP contribution in [0.1, 0.15) is 11.5 Å². The molecule has 7 heteroatoms. The van der Waals surface area contributed by atoms with Gasteiger partial charge in [0, 0.05) is 16.0 Å². The van der Waals surface area contributed by atoms with Crippen molar-refractivity contribution >= 4 is 54.6 Å². The molecular weight excluding hydrogens is 407 g/mol. The van der Waals surface area contributed by atoms with E-state index in [2.05, 4.69) is 41.9 Å². The van der Waals surface area contributed by atoms with Crippen LogP contribution in [0.3, 0.4) is 0 Å². The van der Waals surface area contributed by atoms with Crippen molar-refractivity contribution in [2.75, 3.05) is 0 Å². The standard InChI is InChI=1S/C13H11Br2ClN4/c1-7-11-13(19(2)18-7)20(10(6-16)17-11)12-8(14)4-3-5-9(12)15/h3-5H,6H2,1-2H3. The largest absolute Gasteiger partial charge is 0.278 e. The van der Waals surface area contributed by atoms with E-state index in [-0.39, 0.29) is 0 Å². The smallest absolute Gasteiger partial charge is 0.163 e. The third kappa shape index (κ3) is 2.01. The van der Waals surface area contributed by atoms with E-state index in [1.165, 1.54) is 0 Å². The van der Waals surface area contributed by atoms with Crippen LogP contribution in [0, 0.1) is 6.92 Å². The molecule has 4 nitrogen and oxygen atoms in total. The molecule has 1 aromatic carbocycles. The van der Waals surface area contributed by atoms with Gasteiger partial charge in [-0.05, 0) is 50.9 Å². The molecule has 0 aliphatic heterocycles. The predicted molar refractivity (Wildman–Crippen MR) is 87.5 cm³/mol. The van der Waals surface area contributed by atoms with Gasteiger partial charge in [-0.1, -0.05) is 6.07 Å². The monoisotopic (exact) mass is 416 g/mol. The summed E-state index contributed by atoms with van der Waals surface area (Å²) in [6, 6.07) is 5.96. The molecule has 3 rings (SSSR count).